The van der Waals surface area contributed by atoms with Crippen molar-refractivity contribution in [2.24, 2.45) is 0 Å². The number of carbonyl (C=O) groups is 1. The Balaban J connectivity index is 1.80. The summed E-state index contributed by atoms with van der Waals surface area (Å²) in [5.41, 5.74) is 1.22. The number of methoxy groups -OCH3 is 1. The summed E-state index contributed by atoms with van der Waals surface area (Å²) >= 11 is 6.18. The van der Waals surface area contributed by atoms with Gasteiger partial charge in [0.25, 0.3) is 5.91 Å². The Bertz CT molecular complexity index is 926. The zero-order valence-corrected chi connectivity index (χ0v) is 15.9. The van der Waals surface area contributed by atoms with Crippen LogP contribution in [0.15, 0.2) is 52.9 Å². The second-order valence-electron chi connectivity index (χ2n) is 5.94. The molecule has 3 aromatic rings. The van der Waals surface area contributed by atoms with Crippen molar-refractivity contribution in [3.05, 3.63) is 65.0 Å². The van der Waals surface area contributed by atoms with Crippen LogP contribution in [0, 0.1) is 0 Å². The maximum atomic E-state index is 12.9. The first-order valence-corrected chi connectivity index (χ1v) is 9.00. The molecule has 1 aromatic heterocycles. The Kier molecular flexibility index (Phi) is 6.08. The standard InChI is InChI=1S/C20H20ClN3O3/c1-3-11-24(20(25)14-7-6-8-15(12-14)26-2)13-18-22-23-19(27-18)16-9-4-5-10-17(16)21/h4-10,12H,3,11,13H2,1-2H3. The number of amides is 1. The summed E-state index contributed by atoms with van der Waals surface area (Å²) in [5, 5.41) is 8.67. The largest absolute Gasteiger partial charge is 0.497 e. The fraction of sp³-hybridized carbons (Fsp3) is 0.250. The van der Waals surface area contributed by atoms with Crippen LogP contribution >= 0.6 is 11.6 Å². The maximum Gasteiger partial charge on any atom is 0.254 e. The molecule has 0 radical (unpaired) electrons. The van der Waals surface area contributed by atoms with Gasteiger partial charge in [0, 0.05) is 12.1 Å². The number of hydrogen-bond donors (Lipinski definition) is 0. The van der Waals surface area contributed by atoms with E-state index in [0.29, 0.717) is 40.2 Å². The van der Waals surface area contributed by atoms with E-state index in [-0.39, 0.29) is 12.5 Å². The number of carbonyl (C=O) groups excluding carboxylic acids is 1. The second-order valence-corrected chi connectivity index (χ2v) is 6.35. The highest BCUT2D eigenvalue weighted by Gasteiger charge is 2.20. The molecule has 0 aliphatic carbocycles. The highest BCUT2D eigenvalue weighted by atomic mass is 35.5. The molecule has 0 spiro atoms. The molecule has 0 unspecified atom stereocenters. The second kappa shape index (κ2) is 8.68. The Labute approximate surface area is 162 Å². The third-order valence-corrected chi connectivity index (χ3v) is 4.32. The molecule has 0 atom stereocenters. The first kappa shape index (κ1) is 18.9. The Morgan fingerprint density at radius 1 is 1.19 bits per heavy atom. The first-order chi connectivity index (χ1) is 13.1. The molecule has 27 heavy (non-hydrogen) atoms. The lowest BCUT2D eigenvalue weighted by Gasteiger charge is -2.20. The molecule has 2 aromatic carbocycles. The van der Waals surface area contributed by atoms with Gasteiger partial charge in [-0.1, -0.05) is 36.7 Å². The molecule has 140 valence electrons. The average Bonchev–Trinajstić information content (AvgIpc) is 3.16. The molecular formula is C20H20ClN3O3. The summed E-state index contributed by atoms with van der Waals surface area (Å²) < 4.78 is 10.9. The molecule has 0 aliphatic heterocycles. The molecule has 0 fully saturated rings. The van der Waals surface area contributed by atoms with Crippen molar-refractivity contribution in [3.63, 3.8) is 0 Å². The topological polar surface area (TPSA) is 68.5 Å². The SMILES string of the molecule is CCCN(Cc1nnc(-c2ccccc2Cl)o1)C(=O)c1cccc(OC)c1. The summed E-state index contributed by atoms with van der Waals surface area (Å²) in [4.78, 5) is 14.6. The molecule has 0 bridgehead atoms. The molecule has 0 aliphatic rings. The van der Waals surface area contributed by atoms with Crippen LogP contribution in [0.5, 0.6) is 5.75 Å². The number of aromatic nitrogens is 2. The van der Waals surface area contributed by atoms with Crippen molar-refractivity contribution in [1.29, 1.82) is 0 Å². The van der Waals surface area contributed by atoms with Gasteiger partial charge in [-0.15, -0.1) is 10.2 Å². The van der Waals surface area contributed by atoms with E-state index in [9.17, 15) is 4.79 Å². The first-order valence-electron chi connectivity index (χ1n) is 8.63. The molecule has 0 N–H and O–H groups in total. The van der Waals surface area contributed by atoms with E-state index in [1.807, 2.05) is 25.1 Å². The highest BCUT2D eigenvalue weighted by molar-refractivity contribution is 6.33. The Morgan fingerprint density at radius 2 is 2.00 bits per heavy atom. The van der Waals surface area contributed by atoms with Crippen LogP contribution in [0.1, 0.15) is 29.6 Å². The fourth-order valence-corrected chi connectivity index (χ4v) is 2.90. The molecule has 7 heteroatoms. The van der Waals surface area contributed by atoms with Gasteiger partial charge >= 0.3 is 0 Å². The molecule has 0 saturated heterocycles. The van der Waals surface area contributed by atoms with Crippen LogP contribution in [-0.4, -0.2) is 34.7 Å². The fourth-order valence-electron chi connectivity index (χ4n) is 2.69. The zero-order valence-electron chi connectivity index (χ0n) is 15.2. The van der Waals surface area contributed by atoms with Gasteiger partial charge < -0.3 is 14.1 Å². The molecule has 1 amide bonds. The minimum Gasteiger partial charge on any atom is -0.497 e. The van der Waals surface area contributed by atoms with Gasteiger partial charge in [0.15, 0.2) is 0 Å². The summed E-state index contributed by atoms with van der Waals surface area (Å²) in [6.45, 7) is 2.80. The van der Waals surface area contributed by atoms with E-state index in [1.165, 1.54) is 0 Å². The van der Waals surface area contributed by atoms with E-state index >= 15 is 0 Å². The van der Waals surface area contributed by atoms with E-state index < -0.39 is 0 Å². The lowest BCUT2D eigenvalue weighted by atomic mass is 10.2. The van der Waals surface area contributed by atoms with Gasteiger partial charge in [-0.2, -0.15) is 0 Å². The van der Waals surface area contributed by atoms with Gasteiger partial charge in [0.05, 0.1) is 24.2 Å². The third kappa shape index (κ3) is 4.46. The highest BCUT2D eigenvalue weighted by Crippen LogP contribution is 2.26. The van der Waals surface area contributed by atoms with Crippen molar-refractivity contribution >= 4 is 17.5 Å². The van der Waals surface area contributed by atoms with E-state index in [1.54, 1.807) is 42.3 Å². The van der Waals surface area contributed by atoms with Crippen LogP contribution in [-0.2, 0) is 6.54 Å². The zero-order chi connectivity index (χ0) is 19.2. The molecular weight excluding hydrogens is 366 g/mol. The normalized spacial score (nSPS) is 10.6. The minimum atomic E-state index is -0.117. The quantitative estimate of drug-likeness (QED) is 0.601. The predicted molar refractivity (Wildman–Crippen MR) is 103 cm³/mol. The van der Waals surface area contributed by atoms with E-state index in [0.717, 1.165) is 6.42 Å². The number of nitrogens with zero attached hydrogens (tertiary/aromatic N) is 3. The minimum absolute atomic E-state index is 0.117. The van der Waals surface area contributed by atoms with Crippen LogP contribution in [0.2, 0.25) is 5.02 Å². The van der Waals surface area contributed by atoms with Crippen LogP contribution < -0.4 is 4.74 Å². The Hall–Kier alpha value is -2.86. The monoisotopic (exact) mass is 385 g/mol. The number of rotatable bonds is 7. The van der Waals surface area contributed by atoms with Gasteiger partial charge in [0.2, 0.25) is 11.8 Å². The smallest absolute Gasteiger partial charge is 0.254 e. The van der Waals surface area contributed by atoms with Crippen LogP contribution in [0.25, 0.3) is 11.5 Å². The predicted octanol–water partition coefficient (Wildman–Crippen LogP) is 4.45. The van der Waals surface area contributed by atoms with Gasteiger partial charge in [-0.05, 0) is 36.8 Å². The van der Waals surface area contributed by atoms with Crippen molar-refractivity contribution < 1.29 is 13.9 Å². The van der Waals surface area contributed by atoms with Crippen molar-refractivity contribution in [1.82, 2.24) is 15.1 Å². The summed E-state index contributed by atoms with van der Waals surface area (Å²) in [7, 11) is 1.57. The molecule has 0 saturated carbocycles. The number of halogens is 1. The van der Waals surface area contributed by atoms with Crippen LogP contribution in [0.3, 0.4) is 0 Å². The molecule has 1 heterocycles. The number of hydrogen-bond acceptors (Lipinski definition) is 5. The lowest BCUT2D eigenvalue weighted by molar-refractivity contribution is 0.0728. The summed E-state index contributed by atoms with van der Waals surface area (Å²) in [6, 6.07) is 14.3. The molecule has 6 nitrogen and oxygen atoms in total. The van der Waals surface area contributed by atoms with Crippen molar-refractivity contribution in [2.45, 2.75) is 19.9 Å². The van der Waals surface area contributed by atoms with Crippen LogP contribution in [0.4, 0.5) is 0 Å². The van der Waals surface area contributed by atoms with Gasteiger partial charge in [-0.25, -0.2) is 0 Å². The van der Waals surface area contributed by atoms with Gasteiger partial charge in [-0.3, -0.25) is 4.79 Å². The lowest BCUT2D eigenvalue weighted by Crippen LogP contribution is -2.31. The summed E-state index contributed by atoms with van der Waals surface area (Å²) in [5.74, 6) is 1.21. The van der Waals surface area contributed by atoms with Crippen molar-refractivity contribution in [3.8, 4) is 17.2 Å². The van der Waals surface area contributed by atoms with E-state index in [4.69, 9.17) is 20.8 Å². The Morgan fingerprint density at radius 3 is 2.74 bits per heavy atom. The van der Waals surface area contributed by atoms with E-state index in [2.05, 4.69) is 10.2 Å². The summed E-state index contributed by atoms with van der Waals surface area (Å²) in [6.07, 6.45) is 0.807. The van der Waals surface area contributed by atoms with Crippen molar-refractivity contribution in [2.75, 3.05) is 13.7 Å². The third-order valence-electron chi connectivity index (χ3n) is 3.99. The number of benzene rings is 2. The number of ether oxygens (including phenoxy) is 1. The van der Waals surface area contributed by atoms with Gasteiger partial charge in [0.1, 0.15) is 5.75 Å². The molecule has 3 rings (SSSR count). The maximum absolute atomic E-state index is 12.9. The average molecular weight is 386 g/mol.